The van der Waals surface area contributed by atoms with Gasteiger partial charge in [0.25, 0.3) is 5.91 Å². The molecule has 3 aromatic carbocycles. The number of hydrogen-bond acceptors (Lipinski definition) is 5. The van der Waals surface area contributed by atoms with Crippen LogP contribution in [0.2, 0.25) is 10.0 Å². The topological polar surface area (TPSA) is 70.8 Å². The molecule has 8 heteroatoms. The van der Waals surface area contributed by atoms with E-state index >= 15 is 0 Å². The van der Waals surface area contributed by atoms with Gasteiger partial charge >= 0.3 is 0 Å². The van der Waals surface area contributed by atoms with Gasteiger partial charge < -0.3 is 14.9 Å². The Bertz CT molecular complexity index is 1350. The molecule has 0 radical (unpaired) electrons. The minimum atomic E-state index is -1.18. The Morgan fingerprint density at radius 2 is 1.74 bits per heavy atom. The van der Waals surface area contributed by atoms with E-state index in [0.717, 1.165) is 11.3 Å². The van der Waals surface area contributed by atoms with Gasteiger partial charge in [-0.1, -0.05) is 47.5 Å². The highest BCUT2D eigenvalue weighted by Crippen LogP contribution is 2.35. The number of carbonyl (C=O) groups excluding carboxylic acids is 1. The van der Waals surface area contributed by atoms with Crippen LogP contribution < -0.4 is 4.90 Å². The molecule has 1 aliphatic rings. The van der Waals surface area contributed by atoms with Crippen molar-refractivity contribution in [1.82, 2.24) is 9.80 Å². The normalized spacial score (nSPS) is 17.4. The molecule has 3 aromatic rings. The lowest BCUT2D eigenvalue weighted by Crippen LogP contribution is -2.52. The number of halogens is 2. The molecule has 4 rings (SSSR count). The smallest absolute Gasteiger partial charge is 0.253 e. The van der Waals surface area contributed by atoms with Gasteiger partial charge in [-0.25, -0.2) is 0 Å². The Kier molecular flexibility index (Phi) is 9.19. The maximum absolute atomic E-state index is 12.9. The Hall–Kier alpha value is -3.08. The second kappa shape index (κ2) is 12.4. The number of carbonyl (C=O) groups is 1. The number of aliphatic hydroxyl groups is 1. The molecule has 1 fully saturated rings. The van der Waals surface area contributed by atoms with Crippen LogP contribution in [0.25, 0.3) is 0 Å². The number of nitriles is 1. The molecule has 1 amide bonds. The van der Waals surface area contributed by atoms with E-state index < -0.39 is 5.60 Å². The van der Waals surface area contributed by atoms with Gasteiger partial charge in [0.15, 0.2) is 0 Å². The predicted octanol–water partition coefficient (Wildman–Crippen LogP) is 6.12. The minimum Gasteiger partial charge on any atom is -0.384 e. The van der Waals surface area contributed by atoms with Crippen LogP contribution in [0.1, 0.15) is 53.9 Å². The minimum absolute atomic E-state index is 0.0367. The molecule has 0 aromatic heterocycles. The van der Waals surface area contributed by atoms with Crippen molar-refractivity contribution in [2.24, 2.45) is 0 Å². The molecule has 204 valence electrons. The first-order chi connectivity index (χ1) is 18.7. The van der Waals surface area contributed by atoms with E-state index in [1.807, 2.05) is 56.3 Å². The molecule has 1 saturated heterocycles. The summed E-state index contributed by atoms with van der Waals surface area (Å²) in [6, 6.07) is 22.7. The number of β-amino-alcohol motifs (C(OH)–C–C–N with tert-alkyl or cyclic N) is 1. The Morgan fingerprint density at radius 3 is 2.41 bits per heavy atom. The quantitative estimate of drug-likeness (QED) is 0.357. The summed E-state index contributed by atoms with van der Waals surface area (Å²) in [5, 5.41) is 22.6. The summed E-state index contributed by atoms with van der Waals surface area (Å²) in [6.45, 7) is 9.34. The highest BCUT2D eigenvalue weighted by Gasteiger charge is 2.34. The molecule has 1 N–H and O–H groups in total. The number of rotatable bonds is 8. The van der Waals surface area contributed by atoms with E-state index in [0.29, 0.717) is 66.0 Å². The highest BCUT2D eigenvalue weighted by atomic mass is 35.5. The van der Waals surface area contributed by atoms with Crippen molar-refractivity contribution in [2.75, 3.05) is 44.2 Å². The summed E-state index contributed by atoms with van der Waals surface area (Å²) < 4.78 is 0. The lowest BCUT2D eigenvalue weighted by Gasteiger charge is -2.45. The van der Waals surface area contributed by atoms with E-state index in [9.17, 15) is 15.2 Å². The molecule has 0 saturated carbocycles. The molecular weight excluding hydrogens is 531 g/mol. The fourth-order valence-electron chi connectivity index (χ4n) is 5.30. The second-order valence-electron chi connectivity index (χ2n) is 10.1. The van der Waals surface area contributed by atoms with Crippen LogP contribution in [0.5, 0.6) is 0 Å². The maximum Gasteiger partial charge on any atom is 0.253 e. The Morgan fingerprint density at radius 1 is 1.05 bits per heavy atom. The van der Waals surface area contributed by atoms with Gasteiger partial charge in [-0.15, -0.1) is 0 Å². The zero-order valence-electron chi connectivity index (χ0n) is 22.6. The monoisotopic (exact) mass is 564 g/mol. The number of anilines is 1. The van der Waals surface area contributed by atoms with E-state index in [4.69, 9.17) is 23.2 Å². The summed E-state index contributed by atoms with van der Waals surface area (Å²) in [4.78, 5) is 19.2. The lowest BCUT2D eigenvalue weighted by molar-refractivity contribution is 0.0102. The zero-order chi connectivity index (χ0) is 28.2. The molecule has 39 heavy (non-hydrogen) atoms. The first kappa shape index (κ1) is 28.9. The number of benzene rings is 3. The van der Waals surface area contributed by atoms with Gasteiger partial charge in [0.2, 0.25) is 0 Å². The van der Waals surface area contributed by atoms with Crippen LogP contribution >= 0.6 is 23.2 Å². The standard InChI is InChI=1S/C31H34Cl2N4O2/c1-4-36(5-2)30(38)23-7-6-8-25(17-23)31(3,39)21-35-15-16-37(28-14-13-27(33)18-24(28)19-34)29(20-35)22-9-11-26(32)12-10-22/h6-14,17-18,29,39H,4-5,15-16,20-21H2,1-3H3/t29?,31-/m1/s1. The van der Waals surface area contributed by atoms with Crippen molar-refractivity contribution in [3.05, 3.63) is 99.0 Å². The predicted molar refractivity (Wildman–Crippen MR) is 157 cm³/mol. The molecule has 1 aliphatic heterocycles. The van der Waals surface area contributed by atoms with Crippen molar-refractivity contribution in [2.45, 2.75) is 32.4 Å². The van der Waals surface area contributed by atoms with Crippen molar-refractivity contribution in [3.63, 3.8) is 0 Å². The summed E-state index contributed by atoms with van der Waals surface area (Å²) in [7, 11) is 0. The van der Waals surface area contributed by atoms with E-state index in [1.54, 1.807) is 36.1 Å². The summed E-state index contributed by atoms with van der Waals surface area (Å²) in [6.07, 6.45) is 0. The van der Waals surface area contributed by atoms with Gasteiger partial charge in [-0.05, 0) is 74.4 Å². The third kappa shape index (κ3) is 6.57. The van der Waals surface area contributed by atoms with Crippen molar-refractivity contribution in [1.29, 1.82) is 5.26 Å². The van der Waals surface area contributed by atoms with Gasteiger partial charge in [0.05, 0.1) is 22.9 Å². The highest BCUT2D eigenvalue weighted by molar-refractivity contribution is 6.31. The molecule has 1 unspecified atom stereocenters. The van der Waals surface area contributed by atoms with E-state index in [2.05, 4.69) is 15.9 Å². The molecule has 6 nitrogen and oxygen atoms in total. The van der Waals surface area contributed by atoms with Crippen LogP contribution in [0.4, 0.5) is 5.69 Å². The first-order valence-corrected chi connectivity index (χ1v) is 14.0. The number of hydrogen-bond donors (Lipinski definition) is 1. The molecule has 1 heterocycles. The van der Waals surface area contributed by atoms with Gasteiger partial charge in [-0.3, -0.25) is 9.69 Å². The number of piperazine rings is 1. The largest absolute Gasteiger partial charge is 0.384 e. The summed E-state index contributed by atoms with van der Waals surface area (Å²) in [5.74, 6) is -0.0367. The second-order valence-corrected chi connectivity index (χ2v) is 11.0. The fourth-order valence-corrected chi connectivity index (χ4v) is 5.60. The molecular formula is C31H34Cl2N4O2. The van der Waals surface area contributed by atoms with E-state index in [1.165, 1.54) is 0 Å². The summed E-state index contributed by atoms with van der Waals surface area (Å²) in [5.41, 5.74) is 2.52. The van der Waals surface area contributed by atoms with Gasteiger partial charge in [0.1, 0.15) is 6.07 Å². The first-order valence-electron chi connectivity index (χ1n) is 13.2. The zero-order valence-corrected chi connectivity index (χ0v) is 24.1. The SMILES string of the molecule is CCN(CC)C(=O)c1cccc([C@](C)(O)CN2CCN(c3ccc(Cl)cc3C#N)C(c3ccc(Cl)cc3)C2)c1. The average Bonchev–Trinajstić information content (AvgIpc) is 2.94. The van der Waals surface area contributed by atoms with Crippen LogP contribution in [-0.4, -0.2) is 60.1 Å². The van der Waals surface area contributed by atoms with Gasteiger partial charge in [-0.2, -0.15) is 5.26 Å². The number of nitrogens with zero attached hydrogens (tertiary/aromatic N) is 4. The molecule has 2 atom stereocenters. The number of amides is 1. The molecule has 0 spiro atoms. The molecule has 0 aliphatic carbocycles. The molecule has 0 bridgehead atoms. The summed E-state index contributed by atoms with van der Waals surface area (Å²) >= 11 is 12.4. The third-order valence-corrected chi connectivity index (χ3v) is 7.91. The van der Waals surface area contributed by atoms with Gasteiger partial charge in [0, 0.05) is 54.9 Å². The van der Waals surface area contributed by atoms with E-state index in [-0.39, 0.29) is 11.9 Å². The van der Waals surface area contributed by atoms with Crippen molar-refractivity contribution in [3.8, 4) is 6.07 Å². The third-order valence-electron chi connectivity index (χ3n) is 7.42. The maximum atomic E-state index is 12.9. The fraction of sp³-hybridized carbons (Fsp3) is 0.355. The van der Waals surface area contributed by atoms with Crippen LogP contribution in [0.15, 0.2) is 66.7 Å². The Labute approximate surface area is 241 Å². The Balaban J connectivity index is 1.60. The van der Waals surface area contributed by atoms with Crippen molar-refractivity contribution < 1.29 is 9.90 Å². The van der Waals surface area contributed by atoms with Crippen LogP contribution in [0, 0.1) is 11.3 Å². The lowest BCUT2D eigenvalue weighted by atomic mass is 9.92. The van der Waals surface area contributed by atoms with Crippen LogP contribution in [-0.2, 0) is 5.60 Å². The van der Waals surface area contributed by atoms with Crippen molar-refractivity contribution >= 4 is 34.8 Å². The van der Waals surface area contributed by atoms with Crippen LogP contribution in [0.3, 0.4) is 0 Å². The average molecular weight is 566 g/mol.